The Balaban J connectivity index is 0.00000243. The van der Waals surface area contributed by atoms with Crippen LogP contribution in [0.1, 0.15) is 52.2 Å². The third-order valence-corrected chi connectivity index (χ3v) is 6.81. The van der Waals surface area contributed by atoms with Gasteiger partial charge in [0.05, 0.1) is 0 Å². The van der Waals surface area contributed by atoms with E-state index in [1.54, 1.807) is 5.57 Å². The van der Waals surface area contributed by atoms with Gasteiger partial charge in [0.25, 0.3) is 0 Å². The van der Waals surface area contributed by atoms with Crippen molar-refractivity contribution in [3.63, 3.8) is 0 Å². The first-order valence-corrected chi connectivity index (χ1v) is 9.81. The third-order valence-electron chi connectivity index (χ3n) is 5.75. The van der Waals surface area contributed by atoms with Gasteiger partial charge in [-0.3, -0.25) is 0 Å². The summed E-state index contributed by atoms with van der Waals surface area (Å²) in [6.07, 6.45) is 1.07. The summed E-state index contributed by atoms with van der Waals surface area (Å²) in [5.74, 6) is 0. The van der Waals surface area contributed by atoms with Crippen molar-refractivity contribution in [2.45, 2.75) is 46.5 Å². The normalized spacial score (nSPS) is 14.2. The van der Waals surface area contributed by atoms with E-state index in [0.29, 0.717) is 0 Å². The maximum Gasteiger partial charge on any atom is -1.00 e. The van der Waals surface area contributed by atoms with Crippen LogP contribution in [0.25, 0.3) is 0 Å². The van der Waals surface area contributed by atoms with Crippen molar-refractivity contribution in [3.05, 3.63) is 92.4 Å². The molecule has 0 spiro atoms. The van der Waals surface area contributed by atoms with E-state index in [9.17, 15) is 0 Å². The minimum Gasteiger partial charge on any atom is -1.00 e. The molecule has 148 valence electrons. The summed E-state index contributed by atoms with van der Waals surface area (Å²) in [5, 5.41) is 0. The molecule has 3 rings (SSSR count). The molecule has 0 aliphatic heterocycles. The van der Waals surface area contributed by atoms with E-state index in [1.165, 1.54) is 26.2 Å². The van der Waals surface area contributed by atoms with Gasteiger partial charge >= 0.3 is 165 Å². The molecule has 0 aromatic heterocycles. The second kappa shape index (κ2) is 10.5. The molecule has 0 heterocycles. The van der Waals surface area contributed by atoms with Gasteiger partial charge in [0.15, 0.2) is 0 Å². The molecule has 0 unspecified atom stereocenters. The van der Waals surface area contributed by atoms with Gasteiger partial charge in [-0.05, 0) is 0 Å². The molecule has 0 N–H and O–H groups in total. The van der Waals surface area contributed by atoms with E-state index in [2.05, 4.69) is 116 Å². The zero-order chi connectivity index (χ0) is 18.2. The molecule has 0 saturated heterocycles. The number of hydrogen-bond donors (Lipinski definition) is 0. The van der Waals surface area contributed by atoms with Crippen LogP contribution in [-0.4, -0.2) is 0 Å². The Hall–Kier alpha value is -0.496. The number of allylic oxidation sites excluding steroid dienone is 4. The molecular formula is C24H27Cl3Ti. The van der Waals surface area contributed by atoms with Crippen molar-refractivity contribution < 1.29 is 57.7 Å². The molecule has 0 amide bonds. The second-order valence-electron chi connectivity index (χ2n) is 8.17. The first-order valence-electron chi connectivity index (χ1n) is 9.03. The molecule has 0 radical (unpaired) electrons. The van der Waals surface area contributed by atoms with E-state index in [4.69, 9.17) is 0 Å². The van der Waals surface area contributed by atoms with Crippen LogP contribution < -0.4 is 37.2 Å². The van der Waals surface area contributed by atoms with Crippen molar-refractivity contribution in [1.29, 1.82) is 0 Å². The van der Waals surface area contributed by atoms with E-state index in [-0.39, 0.29) is 48.1 Å². The molecule has 0 fully saturated rings. The Morgan fingerprint density at radius 1 is 0.714 bits per heavy atom. The van der Waals surface area contributed by atoms with Crippen LogP contribution in [0.2, 0.25) is 0 Å². The molecule has 0 bridgehead atoms. The molecule has 0 saturated carbocycles. The van der Waals surface area contributed by atoms with E-state index in [0.717, 1.165) is 6.42 Å². The zero-order valence-electron chi connectivity index (χ0n) is 17.1. The Kier molecular flexibility index (Phi) is 10.3. The predicted octanol–water partition coefficient (Wildman–Crippen LogP) is -2.43. The number of hydrogen-bond acceptors (Lipinski definition) is 0. The van der Waals surface area contributed by atoms with E-state index < -0.39 is 0 Å². The average Bonchev–Trinajstić information content (AvgIpc) is 2.84. The van der Waals surface area contributed by atoms with Gasteiger partial charge in [0.2, 0.25) is 0 Å². The van der Waals surface area contributed by atoms with Gasteiger partial charge in [-0.1, -0.05) is 0 Å². The molecule has 28 heavy (non-hydrogen) atoms. The maximum atomic E-state index is 2.39. The second-order valence-corrected chi connectivity index (χ2v) is 8.95. The molecule has 2 aromatic carbocycles. The SMILES string of the molecule is CC1=C(C)[C]([Ti+3])=C(C(c2ccccc2)(c2ccccc2)C(C)(C)C)C1.[Cl-].[Cl-].[Cl-]. The summed E-state index contributed by atoms with van der Waals surface area (Å²) < 4.78 is 1.47. The summed E-state index contributed by atoms with van der Waals surface area (Å²) in [6.45, 7) is 11.7. The van der Waals surface area contributed by atoms with Crippen molar-refractivity contribution in [2.24, 2.45) is 5.41 Å². The Labute approximate surface area is 200 Å². The quantitative estimate of drug-likeness (QED) is 0.439. The van der Waals surface area contributed by atoms with Crippen LogP contribution in [0.15, 0.2) is 81.3 Å². The smallest absolute Gasteiger partial charge is 1.00 e. The van der Waals surface area contributed by atoms with Gasteiger partial charge in [-0.25, -0.2) is 0 Å². The Morgan fingerprint density at radius 3 is 1.39 bits per heavy atom. The Bertz CT molecular complexity index is 792. The molecule has 0 atom stereocenters. The molecule has 2 aromatic rings. The monoisotopic (exact) mass is 468 g/mol. The molecule has 1 aliphatic rings. The summed E-state index contributed by atoms with van der Waals surface area (Å²) in [6, 6.07) is 22.2. The summed E-state index contributed by atoms with van der Waals surface area (Å²) in [4.78, 5) is 0. The third kappa shape index (κ3) is 4.47. The topological polar surface area (TPSA) is 0 Å². The largest absolute Gasteiger partial charge is 1.00 e. The van der Waals surface area contributed by atoms with Gasteiger partial charge in [-0.2, -0.15) is 0 Å². The minimum absolute atomic E-state index is 0. The molecular weight excluding hydrogens is 442 g/mol. The zero-order valence-corrected chi connectivity index (χ0v) is 20.9. The van der Waals surface area contributed by atoms with Crippen LogP contribution in [0.5, 0.6) is 0 Å². The van der Waals surface area contributed by atoms with E-state index in [1.807, 2.05) is 0 Å². The molecule has 0 nitrogen and oxygen atoms in total. The van der Waals surface area contributed by atoms with Crippen molar-refractivity contribution in [2.75, 3.05) is 0 Å². The minimum atomic E-state index is -0.126. The number of benzene rings is 2. The number of halogens is 3. The summed E-state index contributed by atoms with van der Waals surface area (Å²) in [7, 11) is 0. The maximum absolute atomic E-state index is 2.39. The van der Waals surface area contributed by atoms with Gasteiger partial charge in [0, 0.05) is 0 Å². The fourth-order valence-electron chi connectivity index (χ4n) is 4.46. The van der Waals surface area contributed by atoms with Crippen molar-refractivity contribution >= 4 is 0 Å². The van der Waals surface area contributed by atoms with Crippen LogP contribution in [-0.2, 0) is 25.9 Å². The first kappa shape index (κ1) is 27.5. The average molecular weight is 470 g/mol. The van der Waals surface area contributed by atoms with Crippen molar-refractivity contribution in [3.8, 4) is 0 Å². The summed E-state index contributed by atoms with van der Waals surface area (Å²) >= 11 is 2.31. The van der Waals surface area contributed by atoms with E-state index >= 15 is 0 Å². The van der Waals surface area contributed by atoms with Crippen LogP contribution in [0, 0.1) is 5.41 Å². The van der Waals surface area contributed by atoms with Crippen LogP contribution >= 0.6 is 0 Å². The first-order chi connectivity index (χ1) is 11.8. The fraction of sp³-hybridized carbons (Fsp3) is 0.333. The van der Waals surface area contributed by atoms with Crippen LogP contribution in [0.3, 0.4) is 0 Å². The fourth-order valence-corrected chi connectivity index (χ4v) is 5.22. The van der Waals surface area contributed by atoms with Gasteiger partial charge in [-0.15, -0.1) is 0 Å². The summed E-state index contributed by atoms with van der Waals surface area (Å²) in [5.41, 5.74) is 7.25. The number of rotatable bonds is 3. The predicted molar refractivity (Wildman–Crippen MR) is 103 cm³/mol. The molecule has 1 aliphatic carbocycles. The van der Waals surface area contributed by atoms with Gasteiger partial charge < -0.3 is 37.2 Å². The standard InChI is InChI=1S/C24H27.3ClH.Ti/c1-18-16-22(17-19(18)2)24(23(3,4)5,20-12-8-6-9-13-20)21-14-10-7-11-15-21;;;;/h6-15H,16H2,1-5H3;3*1H;/q;;;;+3/p-3. The van der Waals surface area contributed by atoms with Gasteiger partial charge in [0.1, 0.15) is 0 Å². The van der Waals surface area contributed by atoms with Crippen LogP contribution in [0.4, 0.5) is 0 Å². The van der Waals surface area contributed by atoms with Crippen molar-refractivity contribution in [1.82, 2.24) is 0 Å². The molecule has 4 heteroatoms. The Morgan fingerprint density at radius 2 is 1.11 bits per heavy atom.